The first-order valence-electron chi connectivity index (χ1n) is 6.39. The fraction of sp³-hybridized carbons (Fsp3) is 0.529. The van der Waals surface area contributed by atoms with Crippen molar-refractivity contribution in [3.63, 3.8) is 0 Å². The molecule has 0 aliphatic carbocycles. The monoisotopic (exact) mass is 327 g/mol. The summed E-state index contributed by atoms with van der Waals surface area (Å²) in [6.07, 6.45) is 3.53. The van der Waals surface area contributed by atoms with Gasteiger partial charge in [-0.15, -0.1) is 0 Å². The summed E-state index contributed by atoms with van der Waals surface area (Å²) in [5.74, 6) is 0. The van der Waals surface area contributed by atoms with E-state index in [-0.39, 0.29) is 40.1 Å². The maximum absolute atomic E-state index is 3.76. The van der Waals surface area contributed by atoms with Gasteiger partial charge in [-0.2, -0.15) is 13.3 Å². The molecule has 0 spiro atoms. The molecule has 0 bridgehead atoms. The van der Waals surface area contributed by atoms with Crippen molar-refractivity contribution in [2.45, 2.75) is 61.3 Å². The van der Waals surface area contributed by atoms with Crippen molar-refractivity contribution in [3.8, 4) is 0 Å². The van der Waals surface area contributed by atoms with Crippen molar-refractivity contribution in [1.82, 2.24) is 0 Å². The molecular formula is C17H34Y-2. The third-order valence-corrected chi connectivity index (χ3v) is 1.63. The number of hydrogen-bond acceptors (Lipinski definition) is 0. The van der Waals surface area contributed by atoms with Gasteiger partial charge < -0.3 is 13.8 Å². The predicted molar refractivity (Wildman–Crippen MR) is 85.2 cm³/mol. The third kappa shape index (κ3) is 29.9. The van der Waals surface area contributed by atoms with Crippen LogP contribution in [0.15, 0.2) is 30.3 Å². The summed E-state index contributed by atoms with van der Waals surface area (Å²) in [5, 5.41) is 0. The van der Waals surface area contributed by atoms with Crippen LogP contribution in [0.3, 0.4) is 0 Å². The van der Waals surface area contributed by atoms with Gasteiger partial charge in [0.05, 0.1) is 0 Å². The summed E-state index contributed by atoms with van der Waals surface area (Å²) in [5.41, 5.74) is 1.30. The fourth-order valence-corrected chi connectivity index (χ4v) is 0.645. The minimum absolute atomic E-state index is 0. The molecule has 18 heavy (non-hydrogen) atoms. The number of unbranched alkanes of at least 4 members (excludes halogenated alkanes) is 1. The maximum atomic E-state index is 3.76. The molecule has 0 unspecified atom stereocenters. The zero-order valence-corrected chi connectivity index (χ0v) is 15.3. The van der Waals surface area contributed by atoms with E-state index in [1.165, 1.54) is 18.4 Å². The zero-order chi connectivity index (χ0) is 13.2. The molecule has 0 aromatic heterocycles. The van der Waals surface area contributed by atoms with Crippen molar-refractivity contribution in [2.75, 3.05) is 0 Å². The molecule has 0 nitrogen and oxygen atoms in total. The summed E-state index contributed by atoms with van der Waals surface area (Å²) >= 11 is 0. The molecule has 0 aliphatic heterocycles. The van der Waals surface area contributed by atoms with E-state index in [4.69, 9.17) is 0 Å². The van der Waals surface area contributed by atoms with Gasteiger partial charge in [0.15, 0.2) is 0 Å². The molecule has 1 aromatic carbocycles. The van der Waals surface area contributed by atoms with E-state index < -0.39 is 0 Å². The zero-order valence-electron chi connectivity index (χ0n) is 12.5. The molecule has 0 N–H and O–H groups in total. The Labute approximate surface area is 143 Å². The number of benzene rings is 1. The van der Waals surface area contributed by atoms with Gasteiger partial charge in [0, 0.05) is 32.7 Å². The first-order chi connectivity index (χ1) is 7.85. The Morgan fingerprint density at radius 2 is 1.22 bits per heavy atom. The Balaban J connectivity index is -0.0000000494. The minimum atomic E-state index is 0. The van der Waals surface area contributed by atoms with Crippen LogP contribution in [0.25, 0.3) is 0 Å². The Morgan fingerprint density at radius 1 is 0.889 bits per heavy atom. The van der Waals surface area contributed by atoms with E-state index in [1.807, 2.05) is 32.0 Å². The maximum Gasteiger partial charge on any atom is 0 e. The van der Waals surface area contributed by atoms with Crippen LogP contribution < -0.4 is 0 Å². The van der Waals surface area contributed by atoms with Gasteiger partial charge in [-0.25, -0.2) is 0 Å². The smallest absolute Gasteiger partial charge is 0 e. The van der Waals surface area contributed by atoms with E-state index in [0.29, 0.717) is 0 Å². The van der Waals surface area contributed by atoms with Crippen LogP contribution in [-0.4, -0.2) is 0 Å². The molecule has 1 aromatic rings. The van der Waals surface area contributed by atoms with Crippen LogP contribution in [0.4, 0.5) is 0 Å². The van der Waals surface area contributed by atoms with Crippen LogP contribution in [0, 0.1) is 13.8 Å². The first kappa shape index (κ1) is 31.0. The summed E-state index contributed by atoms with van der Waals surface area (Å²) < 4.78 is 0. The number of hydrogen-bond donors (Lipinski definition) is 0. The second-order valence-corrected chi connectivity index (χ2v) is 2.74. The second kappa shape index (κ2) is 36.0. The van der Waals surface area contributed by atoms with Gasteiger partial charge in [-0.3, -0.25) is 0 Å². The Bertz CT molecular complexity index is 168. The van der Waals surface area contributed by atoms with E-state index in [9.17, 15) is 0 Å². The molecular weight excluding hydrogens is 293 g/mol. The standard InChI is InChI=1S/C8H9.C4H10.C2H6.C2H5.CH4.Y/c1-2-8-6-4-3-5-7-8;1-3-4-2;2*1-2;;/h3-7H,1-2H2;3-4H2,1-2H3;1-2H3;1H2,2H3;1H4;/q-1;;;-1;;. The van der Waals surface area contributed by atoms with Crippen LogP contribution >= 0.6 is 0 Å². The summed E-state index contributed by atoms with van der Waals surface area (Å²) in [6, 6.07) is 10.2. The molecule has 0 saturated heterocycles. The van der Waals surface area contributed by atoms with Crippen molar-refractivity contribution in [1.29, 1.82) is 0 Å². The van der Waals surface area contributed by atoms with Crippen LogP contribution in [-0.2, 0) is 39.1 Å². The minimum Gasteiger partial charge on any atom is -0.346 e. The fourth-order valence-electron chi connectivity index (χ4n) is 0.645. The molecule has 1 heteroatoms. The molecule has 107 valence electrons. The molecule has 0 atom stereocenters. The van der Waals surface area contributed by atoms with Crippen LogP contribution in [0.2, 0.25) is 0 Å². The topological polar surface area (TPSA) is 0 Å². The van der Waals surface area contributed by atoms with Gasteiger partial charge in [0.25, 0.3) is 0 Å². The van der Waals surface area contributed by atoms with Gasteiger partial charge >= 0.3 is 0 Å². The van der Waals surface area contributed by atoms with Crippen LogP contribution in [0.5, 0.6) is 0 Å². The molecule has 1 radical (unpaired) electrons. The predicted octanol–water partition coefficient (Wildman–Crippen LogP) is 6.37. The summed E-state index contributed by atoms with van der Waals surface area (Å²) in [4.78, 5) is 0. The molecule has 0 aliphatic rings. The normalized spacial score (nSPS) is 6.39. The largest absolute Gasteiger partial charge is 0.346 e. The van der Waals surface area contributed by atoms with Crippen molar-refractivity contribution in [3.05, 3.63) is 49.7 Å². The average Bonchev–Trinajstić information content (AvgIpc) is 2.44. The molecule has 0 heterocycles. The average molecular weight is 327 g/mol. The summed E-state index contributed by atoms with van der Waals surface area (Å²) in [7, 11) is 0. The number of rotatable bonds is 2. The van der Waals surface area contributed by atoms with E-state index in [2.05, 4.69) is 39.8 Å². The third-order valence-electron chi connectivity index (χ3n) is 1.63. The van der Waals surface area contributed by atoms with E-state index >= 15 is 0 Å². The molecule has 0 saturated carbocycles. The van der Waals surface area contributed by atoms with Crippen LogP contribution in [0.1, 0.15) is 60.5 Å². The van der Waals surface area contributed by atoms with Gasteiger partial charge in [-0.05, 0) is 0 Å². The van der Waals surface area contributed by atoms with Crippen molar-refractivity contribution >= 4 is 0 Å². The van der Waals surface area contributed by atoms with Gasteiger partial charge in [0.2, 0.25) is 0 Å². The molecule has 0 fully saturated rings. The Morgan fingerprint density at radius 3 is 1.39 bits per heavy atom. The van der Waals surface area contributed by atoms with Crippen molar-refractivity contribution in [2.24, 2.45) is 0 Å². The second-order valence-electron chi connectivity index (χ2n) is 2.74. The van der Waals surface area contributed by atoms with Gasteiger partial charge in [0.1, 0.15) is 0 Å². The summed E-state index contributed by atoms with van der Waals surface area (Å²) in [6.45, 7) is 17.1. The van der Waals surface area contributed by atoms with Gasteiger partial charge in [-0.1, -0.05) is 83.9 Å². The molecule has 1 rings (SSSR count). The van der Waals surface area contributed by atoms with E-state index in [1.54, 1.807) is 6.92 Å². The van der Waals surface area contributed by atoms with E-state index in [0.717, 1.165) is 6.42 Å². The SMILES string of the molecule is C.CC.CCCC.[CH2-]C.[CH2-]Cc1ccccc1.[Y]. The quantitative estimate of drug-likeness (QED) is 0.554. The van der Waals surface area contributed by atoms with Crippen molar-refractivity contribution < 1.29 is 32.7 Å². The Kier molecular flexibility index (Phi) is 62.0. The first-order valence-corrected chi connectivity index (χ1v) is 6.39. The Hall–Kier alpha value is 0.324. The molecule has 0 amide bonds.